The van der Waals surface area contributed by atoms with Crippen LogP contribution in [0.3, 0.4) is 0 Å². The molecular weight excluding hydrogens is 469 g/mol. The average molecular weight is 501 g/mol. The molecule has 1 saturated heterocycles. The van der Waals surface area contributed by atoms with Crippen LogP contribution in [0, 0.1) is 11.3 Å². The number of nitrogens with one attached hydrogen (secondary N) is 2. The zero-order chi connectivity index (χ0) is 18.7. The molecule has 1 spiro atoms. The van der Waals surface area contributed by atoms with Crippen LogP contribution in [0.15, 0.2) is 29.3 Å². The molecule has 0 amide bonds. The SMILES string of the molecule is CN=C(NCCOc1ccc(OC)cc1)NC1C2CCOC2C12CCCC2.I. The molecule has 3 aliphatic rings. The van der Waals surface area contributed by atoms with Crippen molar-refractivity contribution in [3.8, 4) is 11.5 Å². The third kappa shape index (κ3) is 4.06. The number of nitrogens with zero attached hydrogens (tertiary/aromatic N) is 1. The molecule has 3 unspecified atom stereocenters. The first-order valence-corrected chi connectivity index (χ1v) is 10.1. The van der Waals surface area contributed by atoms with Crippen molar-refractivity contribution in [2.75, 3.05) is 33.9 Å². The van der Waals surface area contributed by atoms with Crippen LogP contribution in [0.25, 0.3) is 0 Å². The van der Waals surface area contributed by atoms with Crippen molar-refractivity contribution in [2.24, 2.45) is 16.3 Å². The molecule has 0 bridgehead atoms. The van der Waals surface area contributed by atoms with Crippen LogP contribution in [0.2, 0.25) is 0 Å². The van der Waals surface area contributed by atoms with Gasteiger partial charge < -0.3 is 24.8 Å². The van der Waals surface area contributed by atoms with Gasteiger partial charge in [-0.2, -0.15) is 0 Å². The number of fused-ring (bicyclic) bond motifs is 2. The molecular formula is C21H32IN3O3. The molecule has 1 aromatic carbocycles. The second kappa shape index (κ2) is 9.52. The van der Waals surface area contributed by atoms with E-state index in [2.05, 4.69) is 15.6 Å². The number of guanidine groups is 1. The summed E-state index contributed by atoms with van der Waals surface area (Å²) in [4.78, 5) is 4.43. The topological polar surface area (TPSA) is 64.1 Å². The molecule has 3 fully saturated rings. The summed E-state index contributed by atoms with van der Waals surface area (Å²) in [5.41, 5.74) is 0.332. The molecule has 0 aromatic heterocycles. The number of hydrogen-bond acceptors (Lipinski definition) is 4. The molecule has 3 atom stereocenters. The molecule has 28 heavy (non-hydrogen) atoms. The predicted molar refractivity (Wildman–Crippen MR) is 121 cm³/mol. The molecule has 4 rings (SSSR count). The molecule has 2 saturated carbocycles. The predicted octanol–water partition coefficient (Wildman–Crippen LogP) is 3.20. The van der Waals surface area contributed by atoms with Crippen LogP contribution < -0.4 is 20.1 Å². The minimum absolute atomic E-state index is 0. The normalized spacial score (nSPS) is 27.5. The van der Waals surface area contributed by atoms with E-state index in [4.69, 9.17) is 14.2 Å². The Hall–Kier alpha value is -1.22. The summed E-state index contributed by atoms with van der Waals surface area (Å²) in [6, 6.07) is 8.14. The summed E-state index contributed by atoms with van der Waals surface area (Å²) in [6.07, 6.45) is 6.85. The Morgan fingerprint density at radius 1 is 1.21 bits per heavy atom. The van der Waals surface area contributed by atoms with Gasteiger partial charge in [0.25, 0.3) is 0 Å². The van der Waals surface area contributed by atoms with Crippen LogP contribution in [0.1, 0.15) is 32.1 Å². The zero-order valence-corrected chi connectivity index (χ0v) is 19.1. The Balaban J connectivity index is 0.00000225. The van der Waals surface area contributed by atoms with Crippen LogP contribution in [0.4, 0.5) is 0 Å². The zero-order valence-electron chi connectivity index (χ0n) is 16.8. The van der Waals surface area contributed by atoms with Gasteiger partial charge in [-0.15, -0.1) is 24.0 Å². The van der Waals surface area contributed by atoms with Crippen molar-refractivity contribution in [1.29, 1.82) is 0 Å². The maximum atomic E-state index is 6.07. The summed E-state index contributed by atoms with van der Waals surface area (Å²) in [6.45, 7) is 2.20. The first kappa shape index (κ1) is 21.5. The highest BCUT2D eigenvalue weighted by atomic mass is 127. The average Bonchev–Trinajstić information content (AvgIpc) is 3.37. The molecule has 1 aliphatic heterocycles. The maximum Gasteiger partial charge on any atom is 0.191 e. The Kier molecular flexibility index (Phi) is 7.31. The van der Waals surface area contributed by atoms with E-state index < -0.39 is 0 Å². The third-order valence-corrected chi connectivity index (χ3v) is 6.52. The van der Waals surface area contributed by atoms with Gasteiger partial charge in [-0.3, -0.25) is 4.99 Å². The highest BCUT2D eigenvalue weighted by molar-refractivity contribution is 14.0. The van der Waals surface area contributed by atoms with Gasteiger partial charge >= 0.3 is 0 Å². The van der Waals surface area contributed by atoms with Gasteiger partial charge in [0.15, 0.2) is 5.96 Å². The van der Waals surface area contributed by atoms with Crippen molar-refractivity contribution in [3.63, 3.8) is 0 Å². The Labute approximate surface area is 184 Å². The number of ether oxygens (including phenoxy) is 3. The first-order chi connectivity index (χ1) is 13.3. The fourth-order valence-electron chi connectivity index (χ4n) is 5.26. The largest absolute Gasteiger partial charge is 0.497 e. The van der Waals surface area contributed by atoms with Crippen molar-refractivity contribution >= 4 is 29.9 Å². The van der Waals surface area contributed by atoms with Gasteiger partial charge in [0.2, 0.25) is 0 Å². The van der Waals surface area contributed by atoms with Crippen molar-refractivity contribution in [2.45, 2.75) is 44.2 Å². The standard InChI is InChI=1S/C21H31N3O3.HI/c1-22-20(23-12-14-26-16-7-5-15(25-2)6-8-16)24-18-17-9-13-27-19(17)21(18)10-3-4-11-21;/h5-8,17-19H,3-4,9-14H2,1-2H3,(H2,22,23,24);1H. The van der Waals surface area contributed by atoms with Crippen molar-refractivity contribution in [1.82, 2.24) is 10.6 Å². The fraction of sp³-hybridized carbons (Fsp3) is 0.667. The Morgan fingerprint density at radius 3 is 2.61 bits per heavy atom. The lowest BCUT2D eigenvalue weighted by Crippen LogP contribution is -2.69. The quantitative estimate of drug-likeness (QED) is 0.271. The molecule has 6 nitrogen and oxygen atoms in total. The summed E-state index contributed by atoms with van der Waals surface area (Å²) < 4.78 is 17.0. The highest BCUT2D eigenvalue weighted by Gasteiger charge is 2.65. The van der Waals surface area contributed by atoms with E-state index in [0.29, 0.717) is 36.6 Å². The first-order valence-electron chi connectivity index (χ1n) is 10.1. The number of halogens is 1. The maximum absolute atomic E-state index is 6.07. The summed E-state index contributed by atoms with van der Waals surface area (Å²) >= 11 is 0. The molecule has 2 N–H and O–H groups in total. The van der Waals surface area contributed by atoms with Crippen LogP contribution >= 0.6 is 24.0 Å². The van der Waals surface area contributed by atoms with Gasteiger partial charge in [-0.1, -0.05) is 12.8 Å². The lowest BCUT2D eigenvalue weighted by Gasteiger charge is -2.57. The molecule has 1 heterocycles. The van der Waals surface area contributed by atoms with E-state index in [-0.39, 0.29) is 24.0 Å². The summed E-state index contributed by atoms with van der Waals surface area (Å²) in [5.74, 6) is 3.18. The molecule has 156 valence electrons. The molecule has 0 radical (unpaired) electrons. The van der Waals surface area contributed by atoms with Gasteiger partial charge in [0.1, 0.15) is 18.1 Å². The van der Waals surface area contributed by atoms with Crippen molar-refractivity contribution < 1.29 is 14.2 Å². The summed E-state index contributed by atoms with van der Waals surface area (Å²) in [5, 5.41) is 7.10. The van der Waals surface area contributed by atoms with Gasteiger partial charge in [0, 0.05) is 31.0 Å². The smallest absolute Gasteiger partial charge is 0.191 e. The van der Waals surface area contributed by atoms with Crippen molar-refractivity contribution in [3.05, 3.63) is 24.3 Å². The minimum Gasteiger partial charge on any atom is -0.497 e. The minimum atomic E-state index is 0. The van der Waals surface area contributed by atoms with Crippen LogP contribution in [0.5, 0.6) is 11.5 Å². The molecule has 7 heteroatoms. The van der Waals surface area contributed by atoms with Crippen LogP contribution in [-0.2, 0) is 4.74 Å². The number of methoxy groups -OCH3 is 1. The second-order valence-electron chi connectivity index (χ2n) is 7.83. The molecule has 1 aromatic rings. The highest BCUT2D eigenvalue weighted by Crippen LogP contribution is 2.60. The Morgan fingerprint density at radius 2 is 1.93 bits per heavy atom. The second-order valence-corrected chi connectivity index (χ2v) is 7.83. The number of benzene rings is 1. The van der Waals surface area contributed by atoms with E-state index >= 15 is 0 Å². The van der Waals surface area contributed by atoms with E-state index in [1.807, 2.05) is 31.3 Å². The van der Waals surface area contributed by atoms with E-state index in [9.17, 15) is 0 Å². The lowest BCUT2D eigenvalue weighted by atomic mass is 9.54. The summed E-state index contributed by atoms with van der Waals surface area (Å²) in [7, 11) is 3.50. The number of hydrogen-bond donors (Lipinski definition) is 2. The van der Waals surface area contributed by atoms with Gasteiger partial charge in [-0.05, 0) is 43.5 Å². The van der Waals surface area contributed by atoms with Gasteiger partial charge in [-0.25, -0.2) is 0 Å². The van der Waals surface area contributed by atoms with Crippen LogP contribution in [-0.4, -0.2) is 52.0 Å². The number of rotatable bonds is 6. The number of aliphatic imine (C=N–C) groups is 1. The molecule has 2 aliphatic carbocycles. The monoisotopic (exact) mass is 501 g/mol. The fourth-order valence-corrected chi connectivity index (χ4v) is 5.26. The lowest BCUT2D eigenvalue weighted by molar-refractivity contribution is -0.125. The van der Waals surface area contributed by atoms with E-state index in [0.717, 1.165) is 24.1 Å². The third-order valence-electron chi connectivity index (χ3n) is 6.52. The van der Waals surface area contributed by atoms with Gasteiger partial charge in [0.05, 0.1) is 19.8 Å². The van der Waals surface area contributed by atoms with E-state index in [1.54, 1.807) is 7.11 Å². The van der Waals surface area contributed by atoms with E-state index in [1.165, 1.54) is 32.1 Å². The Bertz CT molecular complexity index is 661.